The molecule has 0 aromatic carbocycles. The van der Waals surface area contributed by atoms with Crippen molar-refractivity contribution in [1.29, 1.82) is 5.26 Å². The molecular weight excluding hydrogens is 192 g/mol. The predicted molar refractivity (Wildman–Crippen MR) is 57.2 cm³/mol. The highest BCUT2D eigenvalue weighted by Gasteiger charge is 2.46. The van der Waals surface area contributed by atoms with Gasteiger partial charge in [0.05, 0.1) is 16.5 Å². The van der Waals surface area contributed by atoms with Crippen molar-refractivity contribution in [1.82, 2.24) is 4.98 Å². The quantitative estimate of drug-likeness (QED) is 0.762. The van der Waals surface area contributed by atoms with E-state index in [0.717, 1.165) is 19.3 Å². The Morgan fingerprint density at radius 2 is 2.36 bits per heavy atom. The highest BCUT2D eigenvalue weighted by molar-refractivity contribution is 7.11. The lowest BCUT2D eigenvalue weighted by Gasteiger charge is -2.00. The Morgan fingerprint density at radius 1 is 1.64 bits per heavy atom. The van der Waals surface area contributed by atoms with Crippen LogP contribution in [0.4, 0.5) is 0 Å². The molecule has 1 fully saturated rings. The second-order valence-electron chi connectivity index (χ2n) is 4.41. The summed E-state index contributed by atoms with van der Waals surface area (Å²) in [6.07, 6.45) is 4.98. The van der Waals surface area contributed by atoms with Crippen LogP contribution >= 0.6 is 11.3 Å². The van der Waals surface area contributed by atoms with Gasteiger partial charge in [0.25, 0.3) is 0 Å². The van der Waals surface area contributed by atoms with Crippen LogP contribution in [0.15, 0.2) is 6.20 Å². The first-order valence-corrected chi connectivity index (χ1v) is 5.84. The minimum atomic E-state index is -0.146. The molecule has 3 heteroatoms. The van der Waals surface area contributed by atoms with Gasteiger partial charge in [-0.3, -0.25) is 0 Å². The molecule has 0 radical (unpaired) electrons. The van der Waals surface area contributed by atoms with Gasteiger partial charge in [0.15, 0.2) is 0 Å². The molecule has 0 N–H and O–H groups in total. The van der Waals surface area contributed by atoms with Gasteiger partial charge in [-0.1, -0.05) is 13.8 Å². The molecule has 1 heterocycles. The number of hydrogen-bond donors (Lipinski definition) is 0. The van der Waals surface area contributed by atoms with Crippen LogP contribution in [-0.4, -0.2) is 4.98 Å². The minimum absolute atomic E-state index is 0.146. The van der Waals surface area contributed by atoms with E-state index in [1.54, 1.807) is 11.3 Å². The van der Waals surface area contributed by atoms with Crippen LogP contribution in [0.3, 0.4) is 0 Å². The molecule has 1 aromatic rings. The maximum Gasteiger partial charge on any atom is 0.0932 e. The Kier molecular flexibility index (Phi) is 2.32. The fourth-order valence-corrected chi connectivity index (χ4v) is 2.84. The third kappa shape index (κ3) is 1.67. The monoisotopic (exact) mass is 206 g/mol. The highest BCUT2D eigenvalue weighted by Crippen LogP contribution is 2.49. The maximum absolute atomic E-state index is 9.03. The Bertz CT molecular complexity index is 369. The van der Waals surface area contributed by atoms with E-state index in [1.165, 1.54) is 9.88 Å². The lowest BCUT2D eigenvalue weighted by molar-refractivity contribution is 0.644. The summed E-state index contributed by atoms with van der Waals surface area (Å²) in [6, 6.07) is 2.41. The van der Waals surface area contributed by atoms with E-state index in [4.69, 9.17) is 5.26 Å². The van der Waals surface area contributed by atoms with Gasteiger partial charge in [0.2, 0.25) is 0 Å². The molecule has 1 aliphatic rings. The van der Waals surface area contributed by atoms with Gasteiger partial charge in [-0.15, -0.1) is 11.3 Å². The molecule has 0 aliphatic heterocycles. The average molecular weight is 206 g/mol. The van der Waals surface area contributed by atoms with Gasteiger partial charge in [0, 0.05) is 17.5 Å². The van der Waals surface area contributed by atoms with Crippen molar-refractivity contribution in [3.63, 3.8) is 0 Å². The number of nitriles is 1. The fourth-order valence-electron chi connectivity index (χ4n) is 1.51. The van der Waals surface area contributed by atoms with Crippen LogP contribution in [0.2, 0.25) is 0 Å². The molecule has 0 saturated heterocycles. The molecule has 14 heavy (non-hydrogen) atoms. The zero-order valence-corrected chi connectivity index (χ0v) is 9.40. The minimum Gasteiger partial charge on any atom is -0.249 e. The van der Waals surface area contributed by atoms with Crippen LogP contribution in [0.5, 0.6) is 0 Å². The van der Waals surface area contributed by atoms with Crippen LogP contribution in [0.25, 0.3) is 0 Å². The van der Waals surface area contributed by atoms with E-state index in [1.807, 2.05) is 6.20 Å². The number of nitrogens with zero attached hydrogens (tertiary/aromatic N) is 2. The van der Waals surface area contributed by atoms with E-state index in [0.29, 0.717) is 5.92 Å². The normalized spacial score (nSPS) is 18.1. The second-order valence-corrected chi connectivity index (χ2v) is 5.53. The summed E-state index contributed by atoms with van der Waals surface area (Å²) < 4.78 is 0. The fraction of sp³-hybridized carbons (Fsp3) is 0.636. The molecule has 0 spiro atoms. The molecule has 1 aromatic heterocycles. The summed E-state index contributed by atoms with van der Waals surface area (Å²) in [5.74, 6) is 0.645. The third-order valence-electron chi connectivity index (χ3n) is 2.57. The summed E-state index contributed by atoms with van der Waals surface area (Å²) >= 11 is 1.72. The van der Waals surface area contributed by atoms with Crippen LogP contribution in [0.1, 0.15) is 36.6 Å². The molecule has 74 valence electrons. The third-order valence-corrected chi connectivity index (χ3v) is 3.80. The first kappa shape index (κ1) is 9.67. The van der Waals surface area contributed by atoms with Gasteiger partial charge in [-0.05, 0) is 18.8 Å². The molecule has 0 amide bonds. The predicted octanol–water partition coefficient (Wildman–Crippen LogP) is 2.90. The SMILES string of the molecule is CC(C)Cc1ncc(C2(C#N)CC2)s1. The molecular formula is C11H14N2S. The van der Waals surface area contributed by atoms with Gasteiger partial charge >= 0.3 is 0 Å². The van der Waals surface area contributed by atoms with Gasteiger partial charge in [-0.25, -0.2) is 4.98 Å². The van der Waals surface area contributed by atoms with Crippen molar-refractivity contribution >= 4 is 11.3 Å². The zero-order valence-electron chi connectivity index (χ0n) is 8.58. The summed E-state index contributed by atoms with van der Waals surface area (Å²) in [5.41, 5.74) is -0.146. The topological polar surface area (TPSA) is 36.7 Å². The molecule has 2 nitrogen and oxygen atoms in total. The van der Waals surface area contributed by atoms with E-state index < -0.39 is 0 Å². The molecule has 1 aliphatic carbocycles. The van der Waals surface area contributed by atoms with E-state index in [2.05, 4.69) is 24.9 Å². The number of thiazole rings is 1. The van der Waals surface area contributed by atoms with E-state index >= 15 is 0 Å². The highest BCUT2D eigenvalue weighted by atomic mass is 32.1. The van der Waals surface area contributed by atoms with Crippen LogP contribution in [0, 0.1) is 17.2 Å². The number of rotatable bonds is 3. The molecule has 2 rings (SSSR count). The first-order chi connectivity index (χ1) is 6.66. The maximum atomic E-state index is 9.03. The lowest BCUT2D eigenvalue weighted by atomic mass is 10.1. The summed E-state index contributed by atoms with van der Waals surface area (Å²) in [6.45, 7) is 4.39. The second kappa shape index (κ2) is 3.36. The van der Waals surface area contributed by atoms with Crippen molar-refractivity contribution < 1.29 is 0 Å². The van der Waals surface area contributed by atoms with Gasteiger partial charge in [0.1, 0.15) is 0 Å². The van der Waals surface area contributed by atoms with Gasteiger partial charge in [-0.2, -0.15) is 5.26 Å². The summed E-state index contributed by atoms with van der Waals surface area (Å²) in [4.78, 5) is 5.55. The molecule has 0 atom stereocenters. The number of hydrogen-bond acceptors (Lipinski definition) is 3. The Balaban J connectivity index is 2.15. The summed E-state index contributed by atoms with van der Waals surface area (Å²) in [5, 5.41) is 10.2. The van der Waals surface area contributed by atoms with Crippen molar-refractivity contribution in [2.24, 2.45) is 5.92 Å². The van der Waals surface area contributed by atoms with Crippen molar-refractivity contribution in [3.8, 4) is 6.07 Å². The average Bonchev–Trinajstić information content (AvgIpc) is 2.81. The largest absolute Gasteiger partial charge is 0.249 e. The van der Waals surface area contributed by atoms with Crippen LogP contribution < -0.4 is 0 Å². The molecule has 0 bridgehead atoms. The van der Waals surface area contributed by atoms with Gasteiger partial charge < -0.3 is 0 Å². The first-order valence-electron chi connectivity index (χ1n) is 5.03. The number of aromatic nitrogens is 1. The Labute approximate surface area is 88.6 Å². The van der Waals surface area contributed by atoms with Crippen molar-refractivity contribution in [3.05, 3.63) is 16.1 Å². The van der Waals surface area contributed by atoms with E-state index in [-0.39, 0.29) is 5.41 Å². The van der Waals surface area contributed by atoms with Crippen molar-refractivity contribution in [2.45, 2.75) is 38.5 Å². The smallest absolute Gasteiger partial charge is 0.0932 e. The lowest BCUT2D eigenvalue weighted by Crippen LogP contribution is -1.98. The molecule has 1 saturated carbocycles. The standard InChI is InChI=1S/C11H14N2S/c1-8(2)5-10-13-6-9(14-10)11(7-12)3-4-11/h6,8H,3-5H2,1-2H3. The Morgan fingerprint density at radius 3 is 2.86 bits per heavy atom. The zero-order chi connectivity index (χ0) is 10.2. The summed E-state index contributed by atoms with van der Waals surface area (Å²) in [7, 11) is 0. The molecule has 0 unspecified atom stereocenters. The van der Waals surface area contributed by atoms with E-state index in [9.17, 15) is 0 Å². The van der Waals surface area contributed by atoms with Crippen LogP contribution in [-0.2, 0) is 11.8 Å². The van der Waals surface area contributed by atoms with Crippen molar-refractivity contribution in [2.75, 3.05) is 0 Å². The Hall–Kier alpha value is -0.880.